The average Bonchev–Trinajstić information content (AvgIpc) is 1.71. The molecule has 0 amide bonds. The zero-order valence-corrected chi connectivity index (χ0v) is 55.3. The third-order valence-electron chi connectivity index (χ3n) is 22.8. The Hall–Kier alpha value is -5.42. The van der Waals surface area contributed by atoms with E-state index < -0.39 is 67.7 Å². The molecule has 0 radical (unpaired) electrons. The van der Waals surface area contributed by atoms with E-state index in [9.17, 15) is 5.11 Å². The lowest BCUT2D eigenvalue weighted by Gasteiger charge is -2.59. The van der Waals surface area contributed by atoms with Crippen LogP contribution in [0.2, 0.25) is 0 Å². The molecule has 13 rings (SSSR count). The monoisotopic (exact) mass is 1260 g/mol. The fourth-order valence-electron chi connectivity index (χ4n) is 17.6. The van der Waals surface area contributed by atoms with Crippen LogP contribution < -0.4 is 0 Å². The smallest absolute Gasteiger partial charge is 0.187 e. The van der Waals surface area contributed by atoms with Gasteiger partial charge in [0.2, 0.25) is 0 Å². The number of hydrogen-bond acceptors (Lipinski definition) is 12. The summed E-state index contributed by atoms with van der Waals surface area (Å²) in [6.45, 7) is 13.8. The number of aliphatic hydroxyl groups excluding tert-OH is 1. The van der Waals surface area contributed by atoms with Gasteiger partial charge in [-0.05, 0) is 145 Å². The van der Waals surface area contributed by atoms with Crippen LogP contribution in [-0.4, -0.2) is 91.6 Å². The summed E-state index contributed by atoms with van der Waals surface area (Å²) in [6.07, 6.45) is 5.08. The molecule has 6 aromatic carbocycles. The van der Waals surface area contributed by atoms with Crippen LogP contribution >= 0.6 is 0 Å². The minimum Gasteiger partial charge on any atom is -0.374 e. The van der Waals surface area contributed by atoms with E-state index in [4.69, 9.17) is 52.1 Å². The Morgan fingerprint density at radius 1 is 0.473 bits per heavy atom. The summed E-state index contributed by atoms with van der Waals surface area (Å²) < 4.78 is 79.2. The highest BCUT2D eigenvalue weighted by Gasteiger charge is 2.61. The highest BCUT2D eigenvalue weighted by molar-refractivity contribution is 5.26. The lowest BCUT2D eigenvalue weighted by Crippen LogP contribution is -2.66. The van der Waals surface area contributed by atoms with Crippen molar-refractivity contribution in [3.63, 3.8) is 0 Å². The van der Waals surface area contributed by atoms with Gasteiger partial charge in [0.05, 0.1) is 64.6 Å². The average molecular weight is 1270 g/mol. The number of rotatable bonds is 25. The Balaban J connectivity index is 0.838. The van der Waals surface area contributed by atoms with E-state index in [1.165, 1.54) is 31.3 Å². The molecule has 0 spiro atoms. The highest BCUT2D eigenvalue weighted by Crippen LogP contribution is 2.68. The van der Waals surface area contributed by atoms with Crippen LogP contribution in [-0.2, 0) is 91.7 Å². The van der Waals surface area contributed by atoms with Gasteiger partial charge in [0, 0.05) is 5.92 Å². The minimum atomic E-state index is -1.03. The van der Waals surface area contributed by atoms with Crippen LogP contribution in [0.5, 0.6) is 0 Å². The quantitative estimate of drug-likeness (QED) is 0.0549. The molecule has 7 aliphatic rings. The van der Waals surface area contributed by atoms with Crippen LogP contribution in [0.3, 0.4) is 0 Å². The summed E-state index contributed by atoms with van der Waals surface area (Å²) in [7, 11) is 0. The topological polar surface area (TPSA) is 122 Å². The van der Waals surface area contributed by atoms with Gasteiger partial charge in [-0.25, -0.2) is 0 Å². The Bertz CT molecular complexity index is 3250. The number of fused-ring (bicyclic) bond motifs is 5. The summed E-state index contributed by atoms with van der Waals surface area (Å²) in [5.41, 5.74) is 7.96. The van der Waals surface area contributed by atoms with Crippen LogP contribution in [0.25, 0.3) is 0 Å². The minimum absolute atomic E-state index is 0.0542. The first-order chi connectivity index (χ1) is 45.5. The van der Waals surface area contributed by atoms with Gasteiger partial charge < -0.3 is 57.2 Å². The van der Waals surface area contributed by atoms with Crippen LogP contribution in [0.4, 0.5) is 0 Å². The van der Waals surface area contributed by atoms with E-state index in [0.29, 0.717) is 56.0 Å². The zero-order valence-electron chi connectivity index (χ0n) is 55.3. The maximum absolute atomic E-state index is 10.8. The van der Waals surface area contributed by atoms with Crippen molar-refractivity contribution < 1.29 is 57.2 Å². The van der Waals surface area contributed by atoms with Crippen molar-refractivity contribution in [1.29, 1.82) is 0 Å². The second-order valence-electron chi connectivity index (χ2n) is 28.6. The van der Waals surface area contributed by atoms with Crippen LogP contribution in [0.1, 0.15) is 132 Å². The van der Waals surface area contributed by atoms with Crippen LogP contribution in [0, 0.1) is 46.3 Å². The van der Waals surface area contributed by atoms with Crippen molar-refractivity contribution in [2.45, 2.75) is 218 Å². The summed E-state index contributed by atoms with van der Waals surface area (Å²) in [4.78, 5) is 0. The van der Waals surface area contributed by atoms with Gasteiger partial charge in [0.15, 0.2) is 18.9 Å². The van der Waals surface area contributed by atoms with Crippen LogP contribution in [0.15, 0.2) is 194 Å². The second-order valence-corrected chi connectivity index (χ2v) is 28.6. The number of ether oxygens (including phenoxy) is 11. The molecule has 1 unspecified atom stereocenters. The summed E-state index contributed by atoms with van der Waals surface area (Å²) in [5.74, 6) is 3.10. The van der Waals surface area contributed by atoms with Gasteiger partial charge in [0.25, 0.3) is 0 Å². The standard InChI is InChI=1S/C81H100O12/c1-54-36-41-69(91-77(54)82)55(2)66-39-40-67-65-38-37-63-46-64(42-44-80(63,4)68(65)43-45-81(66,67)5)90-79-76(74(87-51-61-32-20-10-21-33-61)72(85-49-59-28-16-8-17-29-59)70(92-79)53-83-47-57-24-12-6-13-25-57)93-78-75(88-52-62-34-22-11-23-35-62)73(86-50-60-30-18-9-19-31-60)71(56(3)89-78)84-48-58-26-14-7-15-27-58/h6-35,37,54-56,64-79,82H,36,38-53H2,1-5H3/t54-,55-,56-,64-,65-,66+,67-,68-,69+,70+,71-,72+,73+,74-,75+,76+,77?,78-,79+,80-,81+/m0/s1. The fourth-order valence-corrected chi connectivity index (χ4v) is 17.6. The van der Waals surface area contributed by atoms with Gasteiger partial charge in [-0.1, -0.05) is 221 Å². The molecule has 12 nitrogen and oxygen atoms in total. The third kappa shape index (κ3) is 15.4. The maximum atomic E-state index is 10.8. The molecule has 3 saturated carbocycles. The first-order valence-electron chi connectivity index (χ1n) is 35.0. The molecule has 6 fully saturated rings. The van der Waals surface area contributed by atoms with Gasteiger partial charge in [-0.2, -0.15) is 0 Å². The predicted molar refractivity (Wildman–Crippen MR) is 358 cm³/mol. The number of benzene rings is 6. The fraction of sp³-hybridized carbons (Fsp3) is 0.531. The van der Waals surface area contributed by atoms with Crippen molar-refractivity contribution in [3.8, 4) is 0 Å². The normalized spacial score (nSPS) is 35.4. The Morgan fingerprint density at radius 2 is 0.957 bits per heavy atom. The molecule has 3 aliphatic heterocycles. The molecule has 0 bridgehead atoms. The van der Waals surface area contributed by atoms with Gasteiger partial charge in [-0.3, -0.25) is 0 Å². The lowest BCUT2D eigenvalue weighted by atomic mass is 9.47. The Morgan fingerprint density at radius 3 is 1.49 bits per heavy atom. The molecule has 12 heteroatoms. The van der Waals surface area contributed by atoms with Crippen molar-refractivity contribution in [1.82, 2.24) is 0 Å². The summed E-state index contributed by atoms with van der Waals surface area (Å²) in [5, 5.41) is 10.8. The number of allylic oxidation sites excluding steroid dienone is 1. The molecule has 4 aliphatic carbocycles. The molecular weight excluding hydrogens is 1160 g/mol. The maximum Gasteiger partial charge on any atom is 0.187 e. The predicted octanol–water partition coefficient (Wildman–Crippen LogP) is 15.7. The van der Waals surface area contributed by atoms with E-state index >= 15 is 0 Å². The molecule has 3 saturated heterocycles. The van der Waals surface area contributed by atoms with Crippen molar-refractivity contribution in [2.75, 3.05) is 6.61 Å². The number of hydrogen-bond donors (Lipinski definition) is 1. The van der Waals surface area contributed by atoms with E-state index in [1.807, 2.05) is 116 Å². The molecule has 93 heavy (non-hydrogen) atoms. The van der Waals surface area contributed by atoms with E-state index in [-0.39, 0.29) is 48.8 Å². The molecular formula is C81H100O12. The van der Waals surface area contributed by atoms with E-state index in [1.54, 1.807) is 0 Å². The Kier molecular flexibility index (Phi) is 21.9. The van der Waals surface area contributed by atoms with Gasteiger partial charge in [0.1, 0.15) is 42.7 Å². The largest absolute Gasteiger partial charge is 0.374 e. The lowest BCUT2D eigenvalue weighted by molar-refractivity contribution is -0.384. The number of aliphatic hydroxyl groups is 1. The summed E-state index contributed by atoms with van der Waals surface area (Å²) >= 11 is 0. The van der Waals surface area contributed by atoms with Gasteiger partial charge in [-0.15, -0.1) is 0 Å². The second kappa shape index (κ2) is 30.8. The summed E-state index contributed by atoms with van der Waals surface area (Å²) in [6, 6.07) is 61.5. The SMILES string of the molecule is C[C@@H]([C@H]1CC[C@H]2[C@@H]3CC=C4C[C@@H](O[C@@H]5O[C@H](COCc6ccccc6)[C@@H](OCc6ccccc6)[C@H](OCc6ccccc6)[C@H]5O[C@@H]5O[C@@H](C)[C@H](OCc6ccccc6)[C@@H](OCc6ccccc6)[C@H]5OCc5ccccc5)CC[C@]4(C)[C@H]3CC[C@]12C)[C@H]1CC[C@H](C)C(O)O1. The molecule has 3 heterocycles. The molecule has 0 aromatic heterocycles. The molecule has 1 N–H and O–H groups in total. The van der Waals surface area contributed by atoms with Crippen molar-refractivity contribution >= 4 is 0 Å². The molecule has 21 atom stereocenters. The van der Waals surface area contributed by atoms with Crippen molar-refractivity contribution in [3.05, 3.63) is 227 Å². The first-order valence-corrected chi connectivity index (χ1v) is 35.0. The molecule has 6 aromatic rings. The van der Waals surface area contributed by atoms with Gasteiger partial charge >= 0.3 is 0 Å². The van der Waals surface area contributed by atoms with E-state index in [2.05, 4.69) is 107 Å². The van der Waals surface area contributed by atoms with Crippen molar-refractivity contribution in [2.24, 2.45) is 46.3 Å². The Labute approximate surface area is 552 Å². The first kappa shape index (κ1) is 66.2. The zero-order chi connectivity index (χ0) is 63.7. The van der Waals surface area contributed by atoms with E-state index in [0.717, 1.165) is 71.9 Å². The highest BCUT2D eigenvalue weighted by atomic mass is 16.8. The molecule has 496 valence electrons. The third-order valence-corrected chi connectivity index (χ3v) is 22.8.